The lowest BCUT2D eigenvalue weighted by Crippen LogP contribution is -2.35. The molecule has 0 amide bonds. The molecule has 5 heteroatoms. The Morgan fingerprint density at radius 1 is 1.29 bits per heavy atom. The van der Waals surface area contributed by atoms with E-state index >= 15 is 0 Å². The minimum absolute atomic E-state index is 0.221. The van der Waals surface area contributed by atoms with Crippen molar-refractivity contribution in [2.75, 3.05) is 38.7 Å². The number of nitrogens with one attached hydrogen (secondary N) is 1. The predicted molar refractivity (Wildman–Crippen MR) is 60.3 cm³/mol. The second-order valence-corrected chi connectivity index (χ2v) is 6.21. The van der Waals surface area contributed by atoms with Crippen molar-refractivity contribution in [3.63, 3.8) is 0 Å². The Hall–Kier alpha value is -0.130. The third-order valence-electron chi connectivity index (χ3n) is 2.17. The molecule has 0 aromatic heterocycles. The zero-order chi connectivity index (χ0) is 11.2. The van der Waals surface area contributed by atoms with Crippen molar-refractivity contribution in [3.8, 4) is 0 Å². The molecular formula is C9H22N2O2S. The molecule has 0 saturated carbocycles. The molecule has 1 N–H and O–H groups in total. The smallest absolute Gasteiger partial charge is 0.148 e. The van der Waals surface area contributed by atoms with Crippen molar-refractivity contribution in [1.29, 1.82) is 0 Å². The Balaban J connectivity index is 3.39. The van der Waals surface area contributed by atoms with Gasteiger partial charge in [0, 0.05) is 31.9 Å². The average Bonchev–Trinajstić information content (AvgIpc) is 2.01. The molecule has 0 rings (SSSR count). The van der Waals surface area contributed by atoms with Gasteiger partial charge in [0.1, 0.15) is 9.84 Å². The second-order valence-electron chi connectivity index (χ2n) is 3.95. The molecule has 0 radical (unpaired) electrons. The Morgan fingerprint density at radius 3 is 2.29 bits per heavy atom. The third kappa shape index (κ3) is 8.47. The van der Waals surface area contributed by atoms with E-state index in [1.54, 1.807) is 0 Å². The van der Waals surface area contributed by atoms with Crippen molar-refractivity contribution in [2.45, 2.75) is 19.9 Å². The van der Waals surface area contributed by atoms with Crippen LogP contribution in [0.5, 0.6) is 0 Å². The number of nitrogens with zero attached hydrogens (tertiary/aromatic N) is 1. The highest BCUT2D eigenvalue weighted by atomic mass is 32.2. The maximum atomic E-state index is 10.8. The van der Waals surface area contributed by atoms with Gasteiger partial charge in [-0.15, -0.1) is 0 Å². The first-order chi connectivity index (χ1) is 6.33. The number of sulfone groups is 1. The van der Waals surface area contributed by atoms with Gasteiger partial charge in [0.05, 0.1) is 5.75 Å². The van der Waals surface area contributed by atoms with E-state index in [0.29, 0.717) is 12.6 Å². The fraction of sp³-hybridized carbons (Fsp3) is 1.00. The molecule has 0 aliphatic carbocycles. The molecular weight excluding hydrogens is 200 g/mol. The van der Waals surface area contributed by atoms with Crippen LogP contribution < -0.4 is 5.32 Å². The number of rotatable bonds is 7. The van der Waals surface area contributed by atoms with E-state index in [4.69, 9.17) is 0 Å². The molecule has 0 atom stereocenters. The van der Waals surface area contributed by atoms with Gasteiger partial charge in [0.2, 0.25) is 0 Å². The summed E-state index contributed by atoms with van der Waals surface area (Å²) in [5, 5.41) is 3.11. The molecule has 14 heavy (non-hydrogen) atoms. The van der Waals surface area contributed by atoms with Gasteiger partial charge in [-0.25, -0.2) is 8.42 Å². The predicted octanol–water partition coefficient (Wildman–Crippen LogP) is -0.0392. The van der Waals surface area contributed by atoms with Gasteiger partial charge < -0.3 is 10.2 Å². The molecule has 0 bridgehead atoms. The van der Waals surface area contributed by atoms with Gasteiger partial charge in [-0.05, 0) is 20.9 Å². The summed E-state index contributed by atoms with van der Waals surface area (Å²) >= 11 is 0. The van der Waals surface area contributed by atoms with Gasteiger partial charge in [0.15, 0.2) is 0 Å². The van der Waals surface area contributed by atoms with Gasteiger partial charge >= 0.3 is 0 Å². The van der Waals surface area contributed by atoms with Crippen LogP contribution in [0.3, 0.4) is 0 Å². The van der Waals surface area contributed by atoms with Gasteiger partial charge in [-0.1, -0.05) is 0 Å². The van der Waals surface area contributed by atoms with Crippen LogP contribution in [0.4, 0.5) is 0 Å². The summed E-state index contributed by atoms with van der Waals surface area (Å²) in [7, 11) is -0.759. The topological polar surface area (TPSA) is 49.4 Å². The Kier molecular flexibility index (Phi) is 6.31. The van der Waals surface area contributed by atoms with Gasteiger partial charge in [-0.3, -0.25) is 0 Å². The van der Waals surface area contributed by atoms with E-state index < -0.39 is 9.84 Å². The lowest BCUT2D eigenvalue weighted by Gasteiger charge is -2.20. The molecule has 86 valence electrons. The van der Waals surface area contributed by atoms with Crippen LogP contribution in [0.15, 0.2) is 0 Å². The molecule has 0 aliphatic rings. The third-order valence-corrected chi connectivity index (χ3v) is 3.12. The summed E-state index contributed by atoms with van der Waals surface area (Å²) in [6.07, 6.45) is 1.26. The van der Waals surface area contributed by atoms with Crippen LogP contribution in [0.1, 0.15) is 13.8 Å². The molecule has 0 saturated heterocycles. The number of hydrogen-bond donors (Lipinski definition) is 1. The zero-order valence-corrected chi connectivity index (χ0v) is 10.4. The van der Waals surface area contributed by atoms with Crippen molar-refractivity contribution in [1.82, 2.24) is 10.2 Å². The molecule has 4 nitrogen and oxygen atoms in total. The maximum Gasteiger partial charge on any atom is 0.148 e. The fourth-order valence-electron chi connectivity index (χ4n) is 0.896. The van der Waals surface area contributed by atoms with Crippen LogP contribution in [-0.2, 0) is 9.84 Å². The molecule has 0 aliphatic heterocycles. The standard InChI is InChI=1S/C9H22N2O2S/c1-9(2)11(3)7-5-10-6-8-14(4,12)13/h9-10H,5-8H2,1-4H3. The highest BCUT2D eigenvalue weighted by Crippen LogP contribution is 1.90. The SMILES string of the molecule is CC(C)N(C)CCNCCS(C)(=O)=O. The largest absolute Gasteiger partial charge is 0.314 e. The van der Waals surface area contributed by atoms with Crippen LogP contribution >= 0.6 is 0 Å². The lowest BCUT2D eigenvalue weighted by molar-refractivity contribution is 0.274. The van der Waals surface area contributed by atoms with Crippen LogP contribution in [0.25, 0.3) is 0 Å². The monoisotopic (exact) mass is 222 g/mol. The van der Waals surface area contributed by atoms with Crippen LogP contribution in [-0.4, -0.2) is 58.1 Å². The van der Waals surface area contributed by atoms with Crippen molar-refractivity contribution >= 4 is 9.84 Å². The summed E-state index contributed by atoms with van der Waals surface area (Å²) in [6.45, 7) is 6.60. The van der Waals surface area contributed by atoms with Gasteiger partial charge in [-0.2, -0.15) is 0 Å². The van der Waals surface area contributed by atoms with Gasteiger partial charge in [0.25, 0.3) is 0 Å². The molecule has 0 aromatic carbocycles. The van der Waals surface area contributed by atoms with E-state index in [1.165, 1.54) is 6.26 Å². The normalized spacial score (nSPS) is 12.7. The van der Waals surface area contributed by atoms with Crippen LogP contribution in [0.2, 0.25) is 0 Å². The summed E-state index contributed by atoms with van der Waals surface area (Å²) in [5.74, 6) is 0.221. The fourth-order valence-corrected chi connectivity index (χ4v) is 1.41. The summed E-state index contributed by atoms with van der Waals surface area (Å²) in [4.78, 5) is 2.22. The first kappa shape index (κ1) is 13.9. The second kappa shape index (κ2) is 6.37. The highest BCUT2D eigenvalue weighted by Gasteiger charge is 2.03. The first-order valence-electron chi connectivity index (χ1n) is 4.91. The number of hydrogen-bond acceptors (Lipinski definition) is 4. The maximum absolute atomic E-state index is 10.8. The van der Waals surface area contributed by atoms with E-state index in [-0.39, 0.29) is 5.75 Å². The first-order valence-corrected chi connectivity index (χ1v) is 6.97. The molecule has 0 spiro atoms. The van der Waals surface area contributed by atoms with E-state index in [1.807, 2.05) is 0 Å². The lowest BCUT2D eigenvalue weighted by atomic mass is 10.3. The minimum Gasteiger partial charge on any atom is -0.314 e. The Labute approximate surface area is 87.6 Å². The Morgan fingerprint density at radius 2 is 1.86 bits per heavy atom. The summed E-state index contributed by atoms with van der Waals surface area (Å²) in [5.41, 5.74) is 0. The highest BCUT2D eigenvalue weighted by molar-refractivity contribution is 7.90. The molecule has 0 fully saturated rings. The average molecular weight is 222 g/mol. The van der Waals surface area contributed by atoms with Crippen molar-refractivity contribution < 1.29 is 8.42 Å². The summed E-state index contributed by atoms with van der Waals surface area (Å²) in [6, 6.07) is 0.534. The van der Waals surface area contributed by atoms with Crippen LogP contribution in [0, 0.1) is 0 Å². The van der Waals surface area contributed by atoms with Crippen molar-refractivity contribution in [3.05, 3.63) is 0 Å². The summed E-state index contributed by atoms with van der Waals surface area (Å²) < 4.78 is 21.6. The van der Waals surface area contributed by atoms with Crippen molar-refractivity contribution in [2.24, 2.45) is 0 Å². The van der Waals surface area contributed by atoms with E-state index in [9.17, 15) is 8.42 Å². The quantitative estimate of drug-likeness (QED) is 0.614. The molecule has 0 heterocycles. The number of likely N-dealkylation sites (N-methyl/N-ethyl adjacent to an activating group) is 1. The Bertz CT molecular complexity index is 237. The minimum atomic E-state index is -2.82. The molecule has 0 aromatic rings. The molecule has 0 unspecified atom stereocenters. The van der Waals surface area contributed by atoms with E-state index in [0.717, 1.165) is 13.1 Å². The zero-order valence-electron chi connectivity index (χ0n) is 9.58. The van der Waals surface area contributed by atoms with E-state index in [2.05, 4.69) is 31.1 Å².